The molecule has 0 aliphatic carbocycles. The Balaban J connectivity index is 3.60. The van der Waals surface area contributed by atoms with Gasteiger partial charge in [-0.1, -0.05) is 30.4 Å². The standard InChI is InChI=1S/C12H17ClO/c1-2-3-4-5-6-9-12(14)10-7-8-11-13/h2-6,9H,7-8,10-11H2,1H3. The van der Waals surface area contributed by atoms with E-state index >= 15 is 0 Å². The van der Waals surface area contributed by atoms with Crippen LogP contribution in [0.5, 0.6) is 0 Å². The smallest absolute Gasteiger partial charge is 0.155 e. The Morgan fingerprint density at radius 3 is 2.50 bits per heavy atom. The second kappa shape index (κ2) is 10.3. The van der Waals surface area contributed by atoms with Crippen molar-refractivity contribution in [2.24, 2.45) is 0 Å². The Labute approximate surface area is 91.1 Å². The molecule has 0 amide bonds. The third-order valence-electron chi connectivity index (χ3n) is 1.61. The fourth-order valence-corrected chi connectivity index (χ4v) is 1.07. The van der Waals surface area contributed by atoms with Crippen molar-refractivity contribution in [3.63, 3.8) is 0 Å². The fourth-order valence-electron chi connectivity index (χ4n) is 0.879. The van der Waals surface area contributed by atoms with Crippen molar-refractivity contribution in [3.05, 3.63) is 36.5 Å². The molecule has 14 heavy (non-hydrogen) atoms. The van der Waals surface area contributed by atoms with Gasteiger partial charge >= 0.3 is 0 Å². The molecule has 0 atom stereocenters. The zero-order valence-electron chi connectivity index (χ0n) is 8.58. The molecule has 0 aromatic carbocycles. The van der Waals surface area contributed by atoms with Gasteiger partial charge in [-0.05, 0) is 25.8 Å². The molecule has 0 spiro atoms. The summed E-state index contributed by atoms with van der Waals surface area (Å²) in [6.07, 6.45) is 13.4. The first-order valence-electron chi connectivity index (χ1n) is 4.86. The first-order valence-corrected chi connectivity index (χ1v) is 5.39. The number of unbranched alkanes of at least 4 members (excludes halogenated alkanes) is 1. The summed E-state index contributed by atoms with van der Waals surface area (Å²) in [4.78, 5) is 11.2. The zero-order valence-corrected chi connectivity index (χ0v) is 9.33. The lowest BCUT2D eigenvalue weighted by Gasteiger charge is -1.91. The molecule has 2 heteroatoms. The summed E-state index contributed by atoms with van der Waals surface area (Å²) in [5.41, 5.74) is 0. The van der Waals surface area contributed by atoms with Crippen LogP contribution in [0.2, 0.25) is 0 Å². The van der Waals surface area contributed by atoms with Gasteiger partial charge in [0.2, 0.25) is 0 Å². The molecule has 0 aliphatic rings. The molecular formula is C12H17ClO. The monoisotopic (exact) mass is 212 g/mol. The number of halogens is 1. The van der Waals surface area contributed by atoms with E-state index in [1.165, 1.54) is 0 Å². The maximum atomic E-state index is 11.2. The molecule has 0 N–H and O–H groups in total. The molecule has 0 aromatic rings. The van der Waals surface area contributed by atoms with Crippen LogP contribution in [-0.2, 0) is 4.79 Å². The van der Waals surface area contributed by atoms with Gasteiger partial charge in [0.25, 0.3) is 0 Å². The second-order valence-electron chi connectivity index (χ2n) is 2.88. The highest BCUT2D eigenvalue weighted by Gasteiger charge is 1.94. The van der Waals surface area contributed by atoms with E-state index in [1.54, 1.807) is 12.2 Å². The molecule has 0 saturated heterocycles. The third-order valence-corrected chi connectivity index (χ3v) is 1.88. The Morgan fingerprint density at radius 2 is 1.86 bits per heavy atom. The number of hydrogen-bond donors (Lipinski definition) is 0. The van der Waals surface area contributed by atoms with Gasteiger partial charge in [-0.25, -0.2) is 0 Å². The molecule has 0 radical (unpaired) electrons. The average molecular weight is 213 g/mol. The van der Waals surface area contributed by atoms with Crippen molar-refractivity contribution in [2.45, 2.75) is 26.2 Å². The molecule has 0 saturated carbocycles. The maximum Gasteiger partial charge on any atom is 0.155 e. The number of alkyl halides is 1. The number of rotatable bonds is 7. The van der Waals surface area contributed by atoms with Crippen LogP contribution in [0, 0.1) is 0 Å². The van der Waals surface area contributed by atoms with E-state index in [0.29, 0.717) is 12.3 Å². The van der Waals surface area contributed by atoms with Crippen LogP contribution in [0.1, 0.15) is 26.2 Å². The number of carbonyl (C=O) groups excluding carboxylic acids is 1. The van der Waals surface area contributed by atoms with Gasteiger partial charge in [-0.15, -0.1) is 11.6 Å². The van der Waals surface area contributed by atoms with Crippen LogP contribution in [-0.4, -0.2) is 11.7 Å². The first-order chi connectivity index (χ1) is 6.81. The first kappa shape index (κ1) is 13.2. The molecule has 0 bridgehead atoms. The van der Waals surface area contributed by atoms with Crippen LogP contribution in [0.3, 0.4) is 0 Å². The van der Waals surface area contributed by atoms with Crippen molar-refractivity contribution in [3.8, 4) is 0 Å². The highest BCUT2D eigenvalue weighted by molar-refractivity contribution is 6.17. The van der Waals surface area contributed by atoms with Crippen molar-refractivity contribution in [1.29, 1.82) is 0 Å². The highest BCUT2D eigenvalue weighted by Crippen LogP contribution is 1.98. The lowest BCUT2D eigenvalue weighted by molar-refractivity contribution is -0.114. The van der Waals surface area contributed by atoms with E-state index in [4.69, 9.17) is 11.6 Å². The molecule has 0 fully saturated rings. The summed E-state index contributed by atoms with van der Waals surface area (Å²) in [6, 6.07) is 0. The highest BCUT2D eigenvalue weighted by atomic mass is 35.5. The van der Waals surface area contributed by atoms with E-state index < -0.39 is 0 Å². The Bertz CT molecular complexity index is 226. The Hall–Kier alpha value is -0.820. The van der Waals surface area contributed by atoms with E-state index in [-0.39, 0.29) is 5.78 Å². The topological polar surface area (TPSA) is 17.1 Å². The van der Waals surface area contributed by atoms with Crippen LogP contribution >= 0.6 is 11.6 Å². The fraction of sp³-hybridized carbons (Fsp3) is 0.417. The van der Waals surface area contributed by atoms with Crippen LogP contribution in [0.25, 0.3) is 0 Å². The van der Waals surface area contributed by atoms with Crippen molar-refractivity contribution < 1.29 is 4.79 Å². The molecular weight excluding hydrogens is 196 g/mol. The molecule has 0 unspecified atom stereocenters. The van der Waals surface area contributed by atoms with E-state index in [0.717, 1.165) is 12.8 Å². The van der Waals surface area contributed by atoms with Crippen molar-refractivity contribution in [1.82, 2.24) is 0 Å². The zero-order chi connectivity index (χ0) is 10.6. The summed E-state index contributed by atoms with van der Waals surface area (Å²) in [7, 11) is 0. The minimum Gasteiger partial charge on any atom is -0.295 e. The Kier molecular flexibility index (Phi) is 9.66. The summed E-state index contributed by atoms with van der Waals surface area (Å²) in [6.45, 7) is 1.95. The number of hydrogen-bond acceptors (Lipinski definition) is 1. The summed E-state index contributed by atoms with van der Waals surface area (Å²) in [5, 5.41) is 0. The lowest BCUT2D eigenvalue weighted by atomic mass is 10.2. The summed E-state index contributed by atoms with van der Waals surface area (Å²) >= 11 is 5.50. The lowest BCUT2D eigenvalue weighted by Crippen LogP contribution is -1.91. The molecule has 78 valence electrons. The molecule has 0 rings (SSSR count). The van der Waals surface area contributed by atoms with Gasteiger partial charge in [0.15, 0.2) is 5.78 Å². The summed E-state index contributed by atoms with van der Waals surface area (Å²) in [5.74, 6) is 0.804. The van der Waals surface area contributed by atoms with Crippen molar-refractivity contribution in [2.75, 3.05) is 5.88 Å². The maximum absolute atomic E-state index is 11.2. The third kappa shape index (κ3) is 9.27. The molecule has 0 heterocycles. The van der Waals surface area contributed by atoms with E-state index in [9.17, 15) is 4.79 Å². The predicted molar refractivity (Wildman–Crippen MR) is 62.7 cm³/mol. The largest absolute Gasteiger partial charge is 0.295 e. The minimum atomic E-state index is 0.167. The molecule has 0 aliphatic heterocycles. The minimum absolute atomic E-state index is 0.167. The molecule has 0 aromatic heterocycles. The Morgan fingerprint density at radius 1 is 1.14 bits per heavy atom. The van der Waals surface area contributed by atoms with Crippen LogP contribution < -0.4 is 0 Å². The SMILES string of the molecule is CC=CC=CC=CC(=O)CCCCCl. The van der Waals surface area contributed by atoms with Gasteiger partial charge in [-0.3, -0.25) is 4.79 Å². The van der Waals surface area contributed by atoms with Gasteiger partial charge in [-0.2, -0.15) is 0 Å². The van der Waals surface area contributed by atoms with Gasteiger partial charge < -0.3 is 0 Å². The average Bonchev–Trinajstić information content (AvgIpc) is 2.18. The van der Waals surface area contributed by atoms with E-state index in [2.05, 4.69) is 0 Å². The molecule has 1 nitrogen and oxygen atoms in total. The number of allylic oxidation sites excluding steroid dienone is 6. The van der Waals surface area contributed by atoms with Gasteiger partial charge in [0, 0.05) is 12.3 Å². The normalized spacial score (nSPS) is 12.1. The van der Waals surface area contributed by atoms with Crippen LogP contribution in [0.15, 0.2) is 36.5 Å². The quantitative estimate of drug-likeness (QED) is 0.273. The summed E-state index contributed by atoms with van der Waals surface area (Å²) < 4.78 is 0. The van der Waals surface area contributed by atoms with Crippen molar-refractivity contribution >= 4 is 17.4 Å². The number of ketones is 1. The number of carbonyl (C=O) groups is 1. The van der Waals surface area contributed by atoms with Gasteiger partial charge in [0.1, 0.15) is 0 Å². The second-order valence-corrected chi connectivity index (χ2v) is 3.26. The predicted octanol–water partition coefficient (Wildman–Crippen LogP) is 3.65. The van der Waals surface area contributed by atoms with Gasteiger partial charge in [0.05, 0.1) is 0 Å². The van der Waals surface area contributed by atoms with Crippen LogP contribution in [0.4, 0.5) is 0 Å². The van der Waals surface area contributed by atoms with E-state index in [1.807, 2.05) is 31.2 Å².